The third kappa shape index (κ3) is 3.29. The van der Waals surface area contributed by atoms with Crippen molar-refractivity contribution < 1.29 is 4.79 Å². The molecule has 1 unspecified atom stereocenters. The molecule has 0 aromatic heterocycles. The number of nitrogens with zero attached hydrogens (tertiary/aromatic N) is 1. The number of hydrogen-bond donors (Lipinski definition) is 1. The fraction of sp³-hybridized carbons (Fsp3) is 0.333. The Morgan fingerprint density at radius 1 is 1.39 bits per heavy atom. The Morgan fingerprint density at radius 2 is 2.22 bits per heavy atom. The molecule has 1 aliphatic rings. The van der Waals surface area contributed by atoms with Gasteiger partial charge in [-0.2, -0.15) is 5.10 Å². The number of nitrogens with one attached hydrogen (secondary N) is 1. The summed E-state index contributed by atoms with van der Waals surface area (Å²) >= 11 is 0. The topological polar surface area (TPSA) is 41.5 Å². The molecule has 0 spiro atoms. The zero-order valence-electron chi connectivity index (χ0n) is 10.6. The standard InChI is InChI=1S/C15H18N2O/c1-12-7-5-6-10-14(12)15(18)17-16-11-13-8-3-2-4-9-13/h2-3,5-7,10-11,13H,4,8-9H2,1H3,(H,17,18). The van der Waals surface area contributed by atoms with E-state index in [9.17, 15) is 4.79 Å². The summed E-state index contributed by atoms with van der Waals surface area (Å²) in [4.78, 5) is 11.9. The average Bonchev–Trinajstić information content (AvgIpc) is 2.40. The predicted molar refractivity (Wildman–Crippen MR) is 73.6 cm³/mol. The predicted octanol–water partition coefficient (Wildman–Crippen LogP) is 3.07. The highest BCUT2D eigenvalue weighted by molar-refractivity contribution is 5.95. The van der Waals surface area contributed by atoms with Crippen LogP contribution in [0.1, 0.15) is 35.2 Å². The first-order valence-electron chi connectivity index (χ1n) is 6.31. The first-order chi connectivity index (χ1) is 8.77. The van der Waals surface area contributed by atoms with Crippen molar-refractivity contribution in [2.24, 2.45) is 11.0 Å². The summed E-state index contributed by atoms with van der Waals surface area (Å²) in [5.41, 5.74) is 4.24. The summed E-state index contributed by atoms with van der Waals surface area (Å²) in [6.07, 6.45) is 9.44. The number of aryl methyl sites for hydroxylation is 1. The molecule has 0 saturated heterocycles. The van der Waals surface area contributed by atoms with Crippen LogP contribution >= 0.6 is 0 Å². The summed E-state index contributed by atoms with van der Waals surface area (Å²) in [6.45, 7) is 1.92. The lowest BCUT2D eigenvalue weighted by atomic mass is 9.96. The number of hydrazone groups is 1. The Kier molecular flexibility index (Phi) is 4.29. The Labute approximate surface area is 108 Å². The van der Waals surface area contributed by atoms with Gasteiger partial charge in [-0.05, 0) is 43.7 Å². The molecule has 0 aliphatic heterocycles. The van der Waals surface area contributed by atoms with E-state index in [0.29, 0.717) is 11.5 Å². The van der Waals surface area contributed by atoms with Crippen molar-refractivity contribution in [2.75, 3.05) is 0 Å². The van der Waals surface area contributed by atoms with E-state index in [1.807, 2.05) is 37.4 Å². The van der Waals surface area contributed by atoms with Crippen molar-refractivity contribution in [2.45, 2.75) is 26.2 Å². The first-order valence-corrected chi connectivity index (χ1v) is 6.31. The van der Waals surface area contributed by atoms with Crippen LogP contribution in [0.25, 0.3) is 0 Å². The minimum Gasteiger partial charge on any atom is -0.267 e. The Balaban J connectivity index is 1.90. The third-order valence-corrected chi connectivity index (χ3v) is 3.15. The van der Waals surface area contributed by atoms with Crippen LogP contribution in [0.15, 0.2) is 41.5 Å². The molecule has 0 fully saturated rings. The van der Waals surface area contributed by atoms with Gasteiger partial charge < -0.3 is 0 Å². The van der Waals surface area contributed by atoms with Gasteiger partial charge in [0.25, 0.3) is 5.91 Å². The van der Waals surface area contributed by atoms with Crippen LogP contribution in [0.5, 0.6) is 0 Å². The van der Waals surface area contributed by atoms with Gasteiger partial charge in [0, 0.05) is 11.8 Å². The smallest absolute Gasteiger partial charge is 0.267 e. The van der Waals surface area contributed by atoms with Gasteiger partial charge in [0.1, 0.15) is 0 Å². The molecule has 1 aromatic rings. The summed E-state index contributed by atoms with van der Waals surface area (Å²) in [7, 11) is 0. The maximum absolute atomic E-state index is 11.9. The molecule has 0 heterocycles. The highest BCUT2D eigenvalue weighted by atomic mass is 16.2. The van der Waals surface area contributed by atoms with Crippen LogP contribution < -0.4 is 5.43 Å². The van der Waals surface area contributed by atoms with E-state index in [2.05, 4.69) is 22.7 Å². The third-order valence-electron chi connectivity index (χ3n) is 3.15. The molecule has 2 rings (SSSR count). The lowest BCUT2D eigenvalue weighted by Crippen LogP contribution is -2.19. The normalized spacial score (nSPS) is 19.1. The van der Waals surface area contributed by atoms with E-state index in [4.69, 9.17) is 0 Å². The molecule has 1 amide bonds. The maximum Gasteiger partial charge on any atom is 0.271 e. The Morgan fingerprint density at radius 3 is 2.94 bits per heavy atom. The molecule has 94 valence electrons. The quantitative estimate of drug-likeness (QED) is 0.494. The lowest BCUT2D eigenvalue weighted by molar-refractivity contribution is 0.0954. The van der Waals surface area contributed by atoms with Gasteiger partial charge in [-0.3, -0.25) is 4.79 Å². The largest absolute Gasteiger partial charge is 0.271 e. The number of hydrogen-bond acceptors (Lipinski definition) is 2. The van der Waals surface area contributed by atoms with Crippen molar-refractivity contribution in [1.82, 2.24) is 5.43 Å². The van der Waals surface area contributed by atoms with Crippen LogP contribution in [-0.2, 0) is 0 Å². The molecule has 1 N–H and O–H groups in total. The van der Waals surface area contributed by atoms with E-state index in [-0.39, 0.29) is 5.91 Å². The van der Waals surface area contributed by atoms with Crippen molar-refractivity contribution in [3.63, 3.8) is 0 Å². The highest BCUT2D eigenvalue weighted by Gasteiger charge is 2.08. The zero-order valence-corrected chi connectivity index (χ0v) is 10.6. The molecular formula is C15H18N2O. The minimum absolute atomic E-state index is 0.143. The molecule has 0 saturated carbocycles. The molecule has 1 aliphatic carbocycles. The molecule has 0 bridgehead atoms. The van der Waals surface area contributed by atoms with Gasteiger partial charge in [-0.1, -0.05) is 30.4 Å². The molecule has 1 atom stereocenters. The van der Waals surface area contributed by atoms with Crippen molar-refractivity contribution in [3.05, 3.63) is 47.5 Å². The minimum atomic E-state index is -0.143. The Bertz CT molecular complexity index is 477. The van der Waals surface area contributed by atoms with Gasteiger partial charge in [-0.25, -0.2) is 5.43 Å². The first kappa shape index (κ1) is 12.6. The number of allylic oxidation sites excluding steroid dienone is 2. The fourth-order valence-electron chi connectivity index (χ4n) is 2.04. The van der Waals surface area contributed by atoms with Crippen LogP contribution in [0.3, 0.4) is 0 Å². The van der Waals surface area contributed by atoms with Gasteiger partial charge in [0.2, 0.25) is 0 Å². The van der Waals surface area contributed by atoms with Gasteiger partial charge in [0.05, 0.1) is 0 Å². The number of rotatable bonds is 3. The second kappa shape index (κ2) is 6.15. The van der Waals surface area contributed by atoms with E-state index >= 15 is 0 Å². The second-order valence-corrected chi connectivity index (χ2v) is 4.58. The second-order valence-electron chi connectivity index (χ2n) is 4.58. The lowest BCUT2D eigenvalue weighted by Gasteiger charge is -2.11. The number of benzene rings is 1. The van der Waals surface area contributed by atoms with Crippen molar-refractivity contribution >= 4 is 12.1 Å². The zero-order chi connectivity index (χ0) is 12.8. The fourth-order valence-corrected chi connectivity index (χ4v) is 2.04. The van der Waals surface area contributed by atoms with E-state index < -0.39 is 0 Å². The van der Waals surface area contributed by atoms with Gasteiger partial charge >= 0.3 is 0 Å². The van der Waals surface area contributed by atoms with E-state index in [1.165, 1.54) is 0 Å². The number of carbonyl (C=O) groups is 1. The van der Waals surface area contributed by atoms with Crippen LogP contribution in [0.2, 0.25) is 0 Å². The van der Waals surface area contributed by atoms with Crippen molar-refractivity contribution in [3.8, 4) is 0 Å². The molecule has 3 heteroatoms. The number of carbonyl (C=O) groups excluding carboxylic acids is 1. The molecule has 0 radical (unpaired) electrons. The van der Waals surface area contributed by atoms with Crippen LogP contribution in [0.4, 0.5) is 0 Å². The average molecular weight is 242 g/mol. The van der Waals surface area contributed by atoms with Crippen LogP contribution in [-0.4, -0.2) is 12.1 Å². The van der Waals surface area contributed by atoms with Crippen molar-refractivity contribution in [1.29, 1.82) is 0 Å². The SMILES string of the molecule is Cc1ccccc1C(=O)NN=CC1CC=CCC1. The maximum atomic E-state index is 11.9. The van der Waals surface area contributed by atoms with Crippen LogP contribution in [0, 0.1) is 12.8 Å². The molecule has 18 heavy (non-hydrogen) atoms. The highest BCUT2D eigenvalue weighted by Crippen LogP contribution is 2.15. The molecular weight excluding hydrogens is 224 g/mol. The summed E-state index contributed by atoms with van der Waals surface area (Å²) in [5, 5.41) is 4.05. The summed E-state index contributed by atoms with van der Waals surface area (Å²) in [6, 6.07) is 7.51. The molecule has 1 aromatic carbocycles. The van der Waals surface area contributed by atoms with E-state index in [0.717, 1.165) is 24.8 Å². The summed E-state index contributed by atoms with van der Waals surface area (Å²) < 4.78 is 0. The van der Waals surface area contributed by atoms with Gasteiger partial charge in [0.15, 0.2) is 0 Å². The Hall–Kier alpha value is -1.90. The number of amides is 1. The monoisotopic (exact) mass is 242 g/mol. The summed E-state index contributed by atoms with van der Waals surface area (Å²) in [5.74, 6) is 0.308. The van der Waals surface area contributed by atoms with Gasteiger partial charge in [-0.15, -0.1) is 0 Å². The van der Waals surface area contributed by atoms with E-state index in [1.54, 1.807) is 0 Å². The molecule has 3 nitrogen and oxygen atoms in total.